The van der Waals surface area contributed by atoms with Gasteiger partial charge in [-0.1, -0.05) is 36.4 Å². The van der Waals surface area contributed by atoms with E-state index in [1.165, 1.54) is 0 Å². The topological polar surface area (TPSA) is 59.2 Å². The molecule has 0 saturated carbocycles. The smallest absolute Gasteiger partial charge is 0.223 e. The van der Waals surface area contributed by atoms with E-state index in [1.54, 1.807) is 6.20 Å². The Morgan fingerprint density at radius 2 is 1.86 bits per heavy atom. The highest BCUT2D eigenvalue weighted by Crippen LogP contribution is 2.07. The largest absolute Gasteiger partial charge is 0.337 e. The van der Waals surface area contributed by atoms with Crippen LogP contribution in [0.3, 0.4) is 0 Å². The molecule has 4 heteroatoms. The maximum atomic E-state index is 12.4. The first-order valence-corrected chi connectivity index (χ1v) is 7.21. The lowest BCUT2D eigenvalue weighted by atomic mass is 10.1. The minimum atomic E-state index is 0.120. The molecule has 2 N–H and O–H groups in total. The minimum absolute atomic E-state index is 0.120. The van der Waals surface area contributed by atoms with E-state index in [0.29, 0.717) is 32.5 Å². The molecule has 0 spiro atoms. The molecular formula is C17H21N3O. The van der Waals surface area contributed by atoms with Crippen molar-refractivity contribution in [3.63, 3.8) is 0 Å². The van der Waals surface area contributed by atoms with Crippen molar-refractivity contribution in [1.29, 1.82) is 0 Å². The van der Waals surface area contributed by atoms with Crippen LogP contribution in [0, 0.1) is 0 Å². The van der Waals surface area contributed by atoms with Crippen molar-refractivity contribution in [2.75, 3.05) is 13.1 Å². The second-order valence-electron chi connectivity index (χ2n) is 4.91. The standard InChI is InChI=1S/C17H21N3O/c18-11-13-20(14-15-6-2-1-3-7-15)17(21)10-9-16-8-4-5-12-19-16/h1-8,12H,9-11,13-14,18H2. The summed E-state index contributed by atoms with van der Waals surface area (Å²) in [6, 6.07) is 15.7. The number of hydrogen-bond donors (Lipinski definition) is 1. The maximum Gasteiger partial charge on any atom is 0.223 e. The van der Waals surface area contributed by atoms with Gasteiger partial charge in [-0.3, -0.25) is 9.78 Å². The number of carbonyl (C=O) groups is 1. The third-order valence-corrected chi connectivity index (χ3v) is 3.29. The van der Waals surface area contributed by atoms with Crippen molar-refractivity contribution in [2.24, 2.45) is 5.73 Å². The number of benzene rings is 1. The SMILES string of the molecule is NCCN(Cc1ccccc1)C(=O)CCc1ccccn1. The number of hydrogen-bond acceptors (Lipinski definition) is 3. The van der Waals surface area contributed by atoms with Crippen molar-refractivity contribution >= 4 is 5.91 Å². The lowest BCUT2D eigenvalue weighted by Gasteiger charge is -2.22. The van der Waals surface area contributed by atoms with Crippen molar-refractivity contribution in [3.05, 3.63) is 66.0 Å². The Bertz CT molecular complexity index is 542. The molecule has 4 nitrogen and oxygen atoms in total. The van der Waals surface area contributed by atoms with Crippen LogP contribution in [0.5, 0.6) is 0 Å². The highest BCUT2D eigenvalue weighted by molar-refractivity contribution is 5.76. The summed E-state index contributed by atoms with van der Waals surface area (Å²) in [5.74, 6) is 0.120. The number of pyridine rings is 1. The van der Waals surface area contributed by atoms with Gasteiger partial charge in [0.1, 0.15) is 0 Å². The normalized spacial score (nSPS) is 10.3. The molecule has 0 aliphatic heterocycles. The number of nitrogens with zero attached hydrogens (tertiary/aromatic N) is 2. The fraction of sp³-hybridized carbons (Fsp3) is 0.294. The molecule has 2 rings (SSSR count). The summed E-state index contributed by atoms with van der Waals surface area (Å²) in [6.07, 6.45) is 2.88. The molecule has 0 aliphatic rings. The minimum Gasteiger partial charge on any atom is -0.337 e. The number of aromatic nitrogens is 1. The Morgan fingerprint density at radius 1 is 1.10 bits per heavy atom. The van der Waals surface area contributed by atoms with Crippen LogP contribution < -0.4 is 5.73 Å². The van der Waals surface area contributed by atoms with Gasteiger partial charge in [0.15, 0.2) is 0 Å². The summed E-state index contributed by atoms with van der Waals surface area (Å²) in [5, 5.41) is 0. The molecule has 0 fully saturated rings. The maximum absolute atomic E-state index is 12.4. The lowest BCUT2D eigenvalue weighted by molar-refractivity contribution is -0.131. The molecule has 0 bridgehead atoms. The van der Waals surface area contributed by atoms with Gasteiger partial charge in [-0.05, 0) is 24.1 Å². The zero-order chi connectivity index (χ0) is 14.9. The number of amides is 1. The third-order valence-electron chi connectivity index (χ3n) is 3.29. The Hall–Kier alpha value is -2.20. The van der Waals surface area contributed by atoms with Crippen LogP contribution in [-0.4, -0.2) is 28.9 Å². The molecule has 1 heterocycles. The molecule has 1 aromatic heterocycles. The molecule has 0 radical (unpaired) electrons. The van der Waals surface area contributed by atoms with Crippen molar-refractivity contribution < 1.29 is 4.79 Å². The van der Waals surface area contributed by atoms with Gasteiger partial charge in [0, 0.05) is 37.9 Å². The highest BCUT2D eigenvalue weighted by atomic mass is 16.2. The van der Waals surface area contributed by atoms with E-state index >= 15 is 0 Å². The number of aryl methyl sites for hydroxylation is 1. The quantitative estimate of drug-likeness (QED) is 0.845. The number of rotatable bonds is 7. The van der Waals surface area contributed by atoms with Crippen LogP contribution in [0.4, 0.5) is 0 Å². The fourth-order valence-electron chi connectivity index (χ4n) is 2.19. The van der Waals surface area contributed by atoms with Gasteiger partial charge in [-0.15, -0.1) is 0 Å². The summed E-state index contributed by atoms with van der Waals surface area (Å²) in [5.41, 5.74) is 7.69. The van der Waals surface area contributed by atoms with Crippen LogP contribution in [0.15, 0.2) is 54.7 Å². The second kappa shape index (κ2) is 8.17. The first kappa shape index (κ1) is 15.2. The van der Waals surface area contributed by atoms with E-state index in [2.05, 4.69) is 4.98 Å². The molecule has 0 aliphatic carbocycles. The Kier molecular flexibility index (Phi) is 5.91. The summed E-state index contributed by atoms with van der Waals surface area (Å²) < 4.78 is 0. The summed E-state index contributed by atoms with van der Waals surface area (Å²) in [4.78, 5) is 18.4. The molecule has 110 valence electrons. The zero-order valence-corrected chi connectivity index (χ0v) is 12.1. The van der Waals surface area contributed by atoms with E-state index in [0.717, 1.165) is 11.3 Å². The molecule has 0 saturated heterocycles. The summed E-state index contributed by atoms with van der Waals surface area (Å²) in [7, 11) is 0. The van der Waals surface area contributed by atoms with Gasteiger partial charge >= 0.3 is 0 Å². The van der Waals surface area contributed by atoms with Crippen LogP contribution >= 0.6 is 0 Å². The van der Waals surface area contributed by atoms with Gasteiger partial charge in [-0.25, -0.2) is 0 Å². The van der Waals surface area contributed by atoms with Crippen molar-refractivity contribution in [3.8, 4) is 0 Å². The zero-order valence-electron chi connectivity index (χ0n) is 12.1. The number of nitrogens with two attached hydrogens (primary N) is 1. The molecule has 1 amide bonds. The molecule has 1 aromatic carbocycles. The average Bonchev–Trinajstić information content (AvgIpc) is 2.54. The van der Waals surface area contributed by atoms with Gasteiger partial charge in [0.05, 0.1) is 0 Å². The van der Waals surface area contributed by atoms with Crippen LogP contribution in [0.2, 0.25) is 0 Å². The van der Waals surface area contributed by atoms with Gasteiger partial charge in [0.25, 0.3) is 0 Å². The molecule has 0 unspecified atom stereocenters. The second-order valence-corrected chi connectivity index (χ2v) is 4.91. The predicted octanol–water partition coefficient (Wildman–Crippen LogP) is 2.00. The van der Waals surface area contributed by atoms with Crippen LogP contribution in [0.1, 0.15) is 17.7 Å². The summed E-state index contributed by atoms with van der Waals surface area (Å²) >= 11 is 0. The van der Waals surface area contributed by atoms with E-state index in [9.17, 15) is 4.79 Å². The molecular weight excluding hydrogens is 262 g/mol. The first-order chi connectivity index (χ1) is 10.3. The van der Waals surface area contributed by atoms with Crippen LogP contribution in [0.25, 0.3) is 0 Å². The average molecular weight is 283 g/mol. The number of carbonyl (C=O) groups excluding carboxylic acids is 1. The Balaban J connectivity index is 1.92. The lowest BCUT2D eigenvalue weighted by Crippen LogP contribution is -2.35. The molecule has 21 heavy (non-hydrogen) atoms. The Labute approximate surface area is 125 Å². The van der Waals surface area contributed by atoms with Gasteiger partial charge in [0.2, 0.25) is 5.91 Å². The molecule has 0 atom stereocenters. The van der Waals surface area contributed by atoms with Crippen LogP contribution in [-0.2, 0) is 17.8 Å². The van der Waals surface area contributed by atoms with E-state index in [1.807, 2.05) is 53.4 Å². The van der Waals surface area contributed by atoms with Gasteiger partial charge in [-0.2, -0.15) is 0 Å². The van der Waals surface area contributed by atoms with E-state index in [-0.39, 0.29) is 5.91 Å². The predicted molar refractivity (Wildman–Crippen MR) is 83.5 cm³/mol. The monoisotopic (exact) mass is 283 g/mol. The summed E-state index contributed by atoms with van der Waals surface area (Å²) in [6.45, 7) is 1.66. The van der Waals surface area contributed by atoms with E-state index < -0.39 is 0 Å². The van der Waals surface area contributed by atoms with Gasteiger partial charge < -0.3 is 10.6 Å². The first-order valence-electron chi connectivity index (χ1n) is 7.21. The van der Waals surface area contributed by atoms with Crippen molar-refractivity contribution in [2.45, 2.75) is 19.4 Å². The third kappa shape index (κ3) is 5.00. The van der Waals surface area contributed by atoms with E-state index in [4.69, 9.17) is 5.73 Å². The van der Waals surface area contributed by atoms with Crippen molar-refractivity contribution in [1.82, 2.24) is 9.88 Å². The highest BCUT2D eigenvalue weighted by Gasteiger charge is 2.13. The Morgan fingerprint density at radius 3 is 2.52 bits per heavy atom. The molecule has 2 aromatic rings. The fourth-order valence-corrected chi connectivity index (χ4v) is 2.19.